The number of hydrogen-bond donors (Lipinski definition) is 2. The molecule has 2 aliphatic rings. The van der Waals surface area contributed by atoms with E-state index in [0.29, 0.717) is 17.6 Å². The van der Waals surface area contributed by atoms with Gasteiger partial charge in [-0.25, -0.2) is 13.1 Å². The Morgan fingerprint density at radius 2 is 1.67 bits per heavy atom. The second-order valence-corrected chi connectivity index (χ2v) is 16.0. The molecule has 10 nitrogen and oxygen atoms in total. The number of benzene rings is 5. The van der Waals surface area contributed by atoms with Crippen molar-refractivity contribution in [2.45, 2.75) is 49.6 Å². The zero-order chi connectivity index (χ0) is 37.7. The topological polar surface area (TPSA) is 125 Å². The van der Waals surface area contributed by atoms with Crippen molar-refractivity contribution in [1.82, 2.24) is 9.62 Å². The highest BCUT2D eigenvalue weighted by Gasteiger charge is 2.33. The van der Waals surface area contributed by atoms with Crippen LogP contribution in [0.5, 0.6) is 0 Å². The Morgan fingerprint density at radius 3 is 2.46 bits per heavy atom. The molecule has 5 aromatic carbocycles. The zero-order valence-corrected chi connectivity index (χ0v) is 31.4. The number of halogens is 1. The van der Waals surface area contributed by atoms with Crippen molar-refractivity contribution in [3.05, 3.63) is 153 Å². The van der Waals surface area contributed by atoms with Crippen molar-refractivity contribution < 1.29 is 18.1 Å². The summed E-state index contributed by atoms with van der Waals surface area (Å²) in [6, 6.07) is 35.8. The zero-order valence-electron chi connectivity index (χ0n) is 29.8. The molecule has 0 unspecified atom stereocenters. The molecule has 2 heterocycles. The molecular weight excluding hydrogens is 722 g/mol. The van der Waals surface area contributed by atoms with Gasteiger partial charge in [0.15, 0.2) is 0 Å². The number of fused-ring (bicyclic) bond motifs is 3. The van der Waals surface area contributed by atoms with E-state index in [9.17, 15) is 23.3 Å². The molecule has 0 radical (unpaired) electrons. The Balaban J connectivity index is 0.963. The summed E-state index contributed by atoms with van der Waals surface area (Å²) < 4.78 is 28.7. The van der Waals surface area contributed by atoms with E-state index in [4.69, 9.17) is 11.6 Å². The van der Waals surface area contributed by atoms with Crippen LogP contribution < -0.4 is 14.9 Å². The summed E-state index contributed by atoms with van der Waals surface area (Å²) in [6.45, 7) is 3.94. The summed E-state index contributed by atoms with van der Waals surface area (Å²) in [6.07, 6.45) is 4.23. The second-order valence-electron chi connectivity index (χ2n) is 13.9. The van der Waals surface area contributed by atoms with Crippen LogP contribution in [0.1, 0.15) is 46.3 Å². The van der Waals surface area contributed by atoms with E-state index in [1.165, 1.54) is 28.8 Å². The van der Waals surface area contributed by atoms with Crippen LogP contribution in [0.4, 0.5) is 17.1 Å². The fourth-order valence-electron chi connectivity index (χ4n) is 7.51. The number of nitrogens with one attached hydrogen (secondary N) is 2. The van der Waals surface area contributed by atoms with Crippen molar-refractivity contribution >= 4 is 44.6 Å². The Bertz CT molecular complexity index is 2250. The van der Waals surface area contributed by atoms with Crippen LogP contribution in [0.3, 0.4) is 0 Å². The number of amides is 1. The molecule has 5 aromatic rings. The van der Waals surface area contributed by atoms with Crippen LogP contribution in [-0.2, 0) is 29.4 Å². The number of rotatable bonds is 13. The quantitative estimate of drug-likeness (QED) is 0.0701. The Kier molecular flexibility index (Phi) is 11.3. The van der Waals surface area contributed by atoms with Crippen molar-refractivity contribution in [3.8, 4) is 11.1 Å². The predicted octanol–water partition coefficient (Wildman–Crippen LogP) is 8.11. The third-order valence-electron chi connectivity index (χ3n) is 10.3. The highest BCUT2D eigenvalue weighted by Crippen LogP contribution is 2.35. The van der Waals surface area contributed by atoms with Crippen molar-refractivity contribution in [2.24, 2.45) is 0 Å². The molecule has 2 aliphatic heterocycles. The molecule has 54 heavy (non-hydrogen) atoms. The number of nitro benzene ring substituents is 1. The molecule has 1 fully saturated rings. The average molecular weight is 764 g/mol. The van der Waals surface area contributed by atoms with Gasteiger partial charge in [0, 0.05) is 61.1 Å². The Hall–Kier alpha value is -5.23. The molecule has 0 saturated carbocycles. The second kappa shape index (κ2) is 16.4. The minimum Gasteiger partial charge on any atom is -0.379 e. The molecule has 1 amide bonds. The molecule has 0 bridgehead atoms. The Morgan fingerprint density at radius 1 is 0.889 bits per heavy atom. The molecule has 12 heteroatoms. The predicted molar refractivity (Wildman–Crippen MR) is 214 cm³/mol. The van der Waals surface area contributed by atoms with E-state index in [1.54, 1.807) is 12.1 Å². The number of nitrogens with zero attached hydrogens (tertiary/aromatic N) is 3. The maximum atomic E-state index is 13.3. The molecular formula is C42H42ClN5O5S. The summed E-state index contributed by atoms with van der Waals surface area (Å²) in [5.41, 5.74) is 6.95. The number of hydrogen-bond acceptors (Lipinski definition) is 8. The first-order valence-corrected chi connectivity index (χ1v) is 20.1. The first kappa shape index (κ1) is 37.1. The molecule has 1 saturated heterocycles. The maximum absolute atomic E-state index is 13.3. The van der Waals surface area contributed by atoms with Crippen molar-refractivity contribution in [3.63, 3.8) is 0 Å². The van der Waals surface area contributed by atoms with E-state index in [2.05, 4.69) is 68.4 Å². The maximum Gasteiger partial charge on any atom is 0.293 e. The molecule has 0 aromatic heterocycles. The summed E-state index contributed by atoms with van der Waals surface area (Å²) in [5, 5.41) is 15.7. The lowest BCUT2D eigenvalue weighted by molar-refractivity contribution is -0.384. The van der Waals surface area contributed by atoms with Crippen LogP contribution >= 0.6 is 11.6 Å². The molecule has 7 rings (SSSR count). The third kappa shape index (κ3) is 8.59. The number of piperazine rings is 1. The normalized spacial score (nSPS) is 15.6. The highest BCUT2D eigenvalue weighted by molar-refractivity contribution is 7.90. The van der Waals surface area contributed by atoms with E-state index in [-0.39, 0.29) is 21.8 Å². The largest absolute Gasteiger partial charge is 0.379 e. The van der Waals surface area contributed by atoms with Gasteiger partial charge in [0.05, 0.1) is 9.82 Å². The smallest absolute Gasteiger partial charge is 0.293 e. The molecule has 278 valence electrons. The van der Waals surface area contributed by atoms with E-state index < -0.39 is 20.9 Å². The fraction of sp³-hybridized carbons (Fsp3) is 0.262. The number of nitro groups is 1. The third-order valence-corrected chi connectivity index (χ3v) is 11.9. The van der Waals surface area contributed by atoms with E-state index in [1.807, 2.05) is 36.4 Å². The van der Waals surface area contributed by atoms with Gasteiger partial charge in [0.2, 0.25) is 0 Å². The molecule has 0 aliphatic carbocycles. The minimum absolute atomic E-state index is 0.219. The number of sulfonamides is 1. The molecule has 2 N–H and O–H groups in total. The minimum atomic E-state index is -4.39. The van der Waals surface area contributed by atoms with Gasteiger partial charge >= 0.3 is 0 Å². The first-order chi connectivity index (χ1) is 26.1. The van der Waals surface area contributed by atoms with Crippen LogP contribution in [0, 0.1) is 10.1 Å². The summed E-state index contributed by atoms with van der Waals surface area (Å²) in [4.78, 5) is 29.1. The average Bonchev–Trinajstić information content (AvgIpc) is 3.18. The first-order valence-electron chi connectivity index (χ1n) is 18.2. The van der Waals surface area contributed by atoms with Crippen LogP contribution in [0.15, 0.2) is 120 Å². The molecule has 0 spiro atoms. The summed E-state index contributed by atoms with van der Waals surface area (Å²) >= 11 is 6.14. The van der Waals surface area contributed by atoms with Crippen molar-refractivity contribution in [2.75, 3.05) is 36.4 Å². The van der Waals surface area contributed by atoms with Gasteiger partial charge < -0.3 is 10.2 Å². The summed E-state index contributed by atoms with van der Waals surface area (Å²) in [7, 11) is -4.39. The van der Waals surface area contributed by atoms with Gasteiger partial charge in [0.25, 0.3) is 21.6 Å². The number of carbonyl (C=O) groups excluding carboxylic acids is 1. The molecule has 1 atom stereocenters. The van der Waals surface area contributed by atoms with E-state index >= 15 is 0 Å². The van der Waals surface area contributed by atoms with Gasteiger partial charge in [-0.15, -0.1) is 0 Å². The van der Waals surface area contributed by atoms with Crippen LogP contribution in [0.2, 0.25) is 5.02 Å². The highest BCUT2D eigenvalue weighted by atomic mass is 35.5. The number of anilines is 2. The standard InChI is InChI=1S/C42H42ClN5O5S/c43-35-17-13-31(14-18-35)38-12-5-4-11-34(38)28-46-24-25-47-36(29-46)19-15-32-26-33(16-22-40(32)47)42(49)45-54(52,53)37-20-21-39(41(27-37)48(50)51)44-23-7-6-10-30-8-2-1-3-9-30/h1-5,8-9,11-14,16-18,20-22,26-27,36,44H,6-7,10,15,19,23-25,28-29H2,(H,45,49)/t36-/m0/s1. The van der Waals surface area contributed by atoms with E-state index in [0.717, 1.165) is 81.2 Å². The van der Waals surface area contributed by atoms with Gasteiger partial charge in [-0.2, -0.15) is 0 Å². The fourth-order valence-corrected chi connectivity index (χ4v) is 8.63. The van der Waals surface area contributed by atoms with Crippen LogP contribution in [-0.4, -0.2) is 56.4 Å². The van der Waals surface area contributed by atoms with Crippen LogP contribution in [0.25, 0.3) is 11.1 Å². The summed E-state index contributed by atoms with van der Waals surface area (Å²) in [5.74, 6) is -0.785. The van der Waals surface area contributed by atoms with Gasteiger partial charge in [-0.1, -0.05) is 78.3 Å². The number of unbranched alkanes of at least 4 members (excludes halogenated alkanes) is 1. The SMILES string of the molecule is O=C(NS(=O)(=O)c1ccc(NCCCCc2ccccc2)c([N+](=O)[O-])c1)c1ccc2c(c1)CC[C@H]1CN(Cc3ccccc3-c3ccc(Cl)cc3)CCN21. The lowest BCUT2D eigenvalue weighted by Crippen LogP contribution is -2.54. The van der Waals surface area contributed by atoms with Gasteiger partial charge in [-0.05, 0) is 102 Å². The lowest BCUT2D eigenvalue weighted by Gasteiger charge is -2.46. The monoisotopic (exact) mass is 763 g/mol. The van der Waals surface area contributed by atoms with Crippen molar-refractivity contribution in [1.29, 1.82) is 0 Å². The number of aryl methyl sites for hydroxylation is 2. The van der Waals surface area contributed by atoms with Gasteiger partial charge in [-0.3, -0.25) is 19.8 Å². The lowest BCUT2D eigenvalue weighted by atomic mass is 9.92. The Labute approximate surface area is 321 Å². The van der Waals surface area contributed by atoms with Gasteiger partial charge in [0.1, 0.15) is 5.69 Å². The number of carbonyl (C=O) groups is 1.